The number of likely N-dealkylation sites (tertiary alicyclic amines) is 2. The van der Waals surface area contributed by atoms with Gasteiger partial charge in [0, 0.05) is 118 Å². The predicted molar refractivity (Wildman–Crippen MR) is 254 cm³/mol. The molecule has 2 aromatic rings. The first kappa shape index (κ1) is 48.0. The molecule has 6 N–H and O–H groups in total. The highest BCUT2D eigenvalue weighted by Crippen LogP contribution is 2.40. The number of alkyl halides is 2. The summed E-state index contributed by atoms with van der Waals surface area (Å²) >= 11 is 0. The zero-order chi connectivity index (χ0) is 47.4. The molecule has 4 amide bonds. The van der Waals surface area contributed by atoms with Crippen LogP contribution in [0.2, 0.25) is 0 Å². The zero-order valence-electron chi connectivity index (χ0n) is 38.9. The van der Waals surface area contributed by atoms with Gasteiger partial charge in [0.2, 0.25) is 17.7 Å². The van der Waals surface area contributed by atoms with Crippen LogP contribution in [0.4, 0.5) is 14.5 Å². The van der Waals surface area contributed by atoms with Crippen molar-refractivity contribution in [2.45, 2.75) is 109 Å². The van der Waals surface area contributed by atoms with Crippen LogP contribution in [0.25, 0.3) is 5.57 Å². The van der Waals surface area contributed by atoms with Gasteiger partial charge < -0.3 is 35.8 Å². The van der Waals surface area contributed by atoms with Gasteiger partial charge >= 0.3 is 0 Å². The number of piperidine rings is 3. The van der Waals surface area contributed by atoms with E-state index >= 15 is 0 Å². The lowest BCUT2D eigenvalue weighted by Gasteiger charge is -2.39. The van der Waals surface area contributed by atoms with Gasteiger partial charge in [-0.1, -0.05) is 24.6 Å². The van der Waals surface area contributed by atoms with Crippen molar-refractivity contribution in [3.63, 3.8) is 0 Å². The number of carbonyl (C=O) groups excluding carboxylic acids is 4. The van der Waals surface area contributed by atoms with Crippen molar-refractivity contribution in [3.05, 3.63) is 81.2 Å². The lowest BCUT2D eigenvalue weighted by molar-refractivity contribution is -0.139. The minimum Gasteiger partial charge on any atom is -0.404 e. The number of aliphatic hydroxyl groups excluding tert-OH is 1. The third-order valence-corrected chi connectivity index (χ3v) is 14.9. The fraction of sp³-hybridized carbons (Fsp3) is 0.560. The fourth-order valence-corrected chi connectivity index (χ4v) is 11.1. The average Bonchev–Trinajstić information content (AvgIpc) is 3.58. The number of anilines is 1. The number of aliphatic imine (C=N–C) groups is 1. The third-order valence-electron chi connectivity index (χ3n) is 14.9. The number of nitrogens with one attached hydrogen (secondary N) is 3. The molecule has 0 saturated carbocycles. The Morgan fingerprint density at radius 3 is 2.40 bits per heavy atom. The maximum atomic E-state index is 14.6. The Hall–Kier alpha value is -5.52. The largest absolute Gasteiger partial charge is 0.404 e. The molecule has 0 aliphatic carbocycles. The van der Waals surface area contributed by atoms with E-state index in [2.05, 4.69) is 25.4 Å². The topological polar surface area (TPSA) is 191 Å². The maximum Gasteiger partial charge on any atom is 0.264 e. The predicted octanol–water partition coefficient (Wildman–Crippen LogP) is 4.90. The molecule has 6 aliphatic heterocycles. The lowest BCUT2D eigenvalue weighted by Crippen LogP contribution is -2.53. The number of amidine groups is 1. The summed E-state index contributed by atoms with van der Waals surface area (Å²) in [6.45, 7) is 8.96. The van der Waals surface area contributed by atoms with Crippen molar-refractivity contribution >= 4 is 46.9 Å². The molecule has 0 spiro atoms. The SMILES string of the molecule is CN=CC(=CN)c1cc2c(cc1C(F)F)N(C(=N)C1=C(NC3CCN(CCN4CCC(CCCc5cccc6c5C(=O)N(C5CCC(=O)NC5=O)C6O)CC4)CC3)CCN(C(C)=O)C1)CCC2. The van der Waals surface area contributed by atoms with Gasteiger partial charge in [0.05, 0.1) is 12.1 Å². The highest BCUT2D eigenvalue weighted by Gasteiger charge is 2.45. The van der Waals surface area contributed by atoms with Crippen LogP contribution in [-0.4, -0.2) is 138 Å². The molecule has 6 heterocycles. The van der Waals surface area contributed by atoms with Crippen molar-refractivity contribution < 1.29 is 33.1 Å². The van der Waals surface area contributed by atoms with E-state index in [-0.39, 0.29) is 48.0 Å². The molecule has 2 unspecified atom stereocenters. The molecule has 0 bridgehead atoms. The van der Waals surface area contributed by atoms with Gasteiger partial charge in [0.25, 0.3) is 12.3 Å². The summed E-state index contributed by atoms with van der Waals surface area (Å²) in [6.07, 6.45) is 8.07. The Kier molecular flexibility index (Phi) is 15.2. The average molecular weight is 925 g/mol. The summed E-state index contributed by atoms with van der Waals surface area (Å²) in [5.74, 6) is -0.453. The number of amides is 4. The van der Waals surface area contributed by atoms with Crippen LogP contribution in [-0.2, 0) is 27.2 Å². The van der Waals surface area contributed by atoms with Crippen LogP contribution in [0.15, 0.2) is 52.8 Å². The van der Waals surface area contributed by atoms with E-state index in [1.54, 1.807) is 31.0 Å². The lowest BCUT2D eigenvalue weighted by atomic mass is 9.89. The van der Waals surface area contributed by atoms with E-state index in [4.69, 9.17) is 5.73 Å². The minimum absolute atomic E-state index is 0.0566. The van der Waals surface area contributed by atoms with Crippen LogP contribution in [0, 0.1) is 11.3 Å². The van der Waals surface area contributed by atoms with Crippen LogP contribution >= 0.6 is 0 Å². The van der Waals surface area contributed by atoms with Crippen molar-refractivity contribution in [1.29, 1.82) is 5.41 Å². The van der Waals surface area contributed by atoms with Gasteiger partial charge in [-0.25, -0.2) is 8.78 Å². The molecular weight excluding hydrogens is 859 g/mol. The van der Waals surface area contributed by atoms with Crippen LogP contribution in [0.1, 0.15) is 122 Å². The number of fused-ring (bicyclic) bond motifs is 2. The summed E-state index contributed by atoms with van der Waals surface area (Å²) < 4.78 is 29.1. The van der Waals surface area contributed by atoms with E-state index < -0.39 is 24.6 Å². The number of aryl methyl sites for hydroxylation is 2. The molecule has 3 saturated heterocycles. The quantitative estimate of drug-likeness (QED) is 0.0990. The monoisotopic (exact) mass is 925 g/mol. The number of carbonyl (C=O) groups is 4. The molecule has 2 aromatic carbocycles. The number of hydrogen-bond acceptors (Lipinski definition) is 11. The van der Waals surface area contributed by atoms with Gasteiger partial charge in [-0.05, 0) is 106 Å². The van der Waals surface area contributed by atoms with Gasteiger partial charge in [-0.2, -0.15) is 0 Å². The molecule has 360 valence electrons. The first-order valence-electron chi connectivity index (χ1n) is 24.2. The summed E-state index contributed by atoms with van der Waals surface area (Å²) in [6, 6.07) is 8.19. The summed E-state index contributed by atoms with van der Waals surface area (Å²) in [7, 11) is 1.57. The number of aliphatic hydroxyl groups is 1. The molecule has 8 rings (SSSR count). The van der Waals surface area contributed by atoms with Gasteiger partial charge in [-0.3, -0.25) is 39.8 Å². The van der Waals surface area contributed by atoms with Crippen molar-refractivity contribution in [3.8, 4) is 0 Å². The second-order valence-corrected chi connectivity index (χ2v) is 19.0. The molecule has 15 nitrogen and oxygen atoms in total. The van der Waals surface area contributed by atoms with E-state index in [9.17, 15) is 38.5 Å². The Bertz CT molecular complexity index is 2320. The Balaban J connectivity index is 0.810. The molecule has 2 atom stereocenters. The molecule has 3 fully saturated rings. The molecule has 6 aliphatic rings. The summed E-state index contributed by atoms with van der Waals surface area (Å²) in [5, 5.41) is 26.7. The Morgan fingerprint density at radius 2 is 1.73 bits per heavy atom. The Morgan fingerprint density at radius 1 is 1.00 bits per heavy atom. The number of halogens is 2. The van der Waals surface area contributed by atoms with Gasteiger partial charge in [0.15, 0.2) is 6.23 Å². The smallest absolute Gasteiger partial charge is 0.264 e. The summed E-state index contributed by atoms with van der Waals surface area (Å²) in [4.78, 5) is 64.4. The molecule has 0 radical (unpaired) electrons. The minimum atomic E-state index is -2.75. The molecule has 17 heteroatoms. The van der Waals surface area contributed by atoms with Crippen LogP contribution in [0.5, 0.6) is 0 Å². The van der Waals surface area contributed by atoms with Gasteiger partial charge in [0.1, 0.15) is 11.9 Å². The van der Waals surface area contributed by atoms with Crippen molar-refractivity contribution in [2.24, 2.45) is 16.6 Å². The number of hydrogen-bond donors (Lipinski definition) is 5. The molecule has 67 heavy (non-hydrogen) atoms. The van der Waals surface area contributed by atoms with E-state index in [0.29, 0.717) is 66.3 Å². The number of allylic oxidation sites excluding steroid dienone is 1. The highest BCUT2D eigenvalue weighted by molar-refractivity contribution is 6.12. The first-order chi connectivity index (χ1) is 32.3. The second-order valence-electron chi connectivity index (χ2n) is 19.0. The van der Waals surface area contributed by atoms with Crippen molar-refractivity contribution in [2.75, 3.05) is 70.9 Å². The number of imide groups is 1. The van der Waals surface area contributed by atoms with E-state index in [1.807, 2.05) is 17.0 Å². The highest BCUT2D eigenvalue weighted by atomic mass is 19.3. The number of nitrogens with two attached hydrogens (primary N) is 1. The standard InChI is InChI=1S/C50H66F2N10O5/c1-31(63)60-23-17-41(40(30-60)47(54)61-18-5-9-34-26-38(35(28-53)29-55-2)39(46(51)52)27-43(34)61)56-36-15-21-59(22-16-36)25-24-58-19-13-32(14-20-58)6-3-7-33-8-4-10-37-45(33)50(67)62(49(37)66)42-11-12-44(64)57-48(42)65/h4,8,10,26-29,32,36,42,46,49,54,56,66H,3,5-7,9,11-25,30,53H2,1-2H3,(H,57,64,65). The van der Waals surface area contributed by atoms with Crippen LogP contribution in [0.3, 0.4) is 0 Å². The van der Waals surface area contributed by atoms with E-state index in [1.165, 1.54) is 23.4 Å². The Labute approximate surface area is 392 Å². The van der Waals surface area contributed by atoms with Gasteiger partial charge in [-0.15, -0.1) is 0 Å². The van der Waals surface area contributed by atoms with E-state index in [0.717, 1.165) is 113 Å². The van der Waals surface area contributed by atoms with Crippen molar-refractivity contribution in [1.82, 2.24) is 30.2 Å². The maximum absolute atomic E-state index is 14.6. The fourth-order valence-electron chi connectivity index (χ4n) is 11.1. The number of rotatable bonds is 14. The van der Waals surface area contributed by atoms with Crippen LogP contribution < -0.4 is 21.3 Å². The number of nitrogens with zero attached hydrogens (tertiary/aromatic N) is 6. The normalized spacial score (nSPS) is 22.8. The second kappa shape index (κ2) is 21.2. The molecular formula is C50H66F2N10O5. The first-order valence-corrected chi connectivity index (χ1v) is 24.2. The number of benzene rings is 2. The molecule has 0 aromatic heterocycles. The summed E-state index contributed by atoms with van der Waals surface area (Å²) in [5.41, 5.74) is 11.5. The zero-order valence-corrected chi connectivity index (χ0v) is 38.9. The third kappa shape index (κ3) is 10.5.